The molecule has 7 nitrogen and oxygen atoms in total. The van der Waals surface area contributed by atoms with E-state index in [1.807, 2.05) is 48.5 Å². The molecule has 0 unspecified atom stereocenters. The van der Waals surface area contributed by atoms with E-state index < -0.39 is 0 Å². The number of carbonyl (C=O) groups is 1. The molecule has 3 heterocycles. The van der Waals surface area contributed by atoms with Crippen LogP contribution in [0.25, 0.3) is 16.5 Å². The summed E-state index contributed by atoms with van der Waals surface area (Å²) in [6, 6.07) is 23.1. The van der Waals surface area contributed by atoms with Crippen molar-refractivity contribution < 1.29 is 9.18 Å². The zero-order valence-electron chi connectivity index (χ0n) is 25.6. The van der Waals surface area contributed by atoms with Gasteiger partial charge in [-0.1, -0.05) is 55.5 Å². The van der Waals surface area contributed by atoms with Crippen LogP contribution in [-0.2, 0) is 6.54 Å². The molecule has 2 saturated heterocycles. The Labute approximate surface area is 258 Å². The second-order valence-corrected chi connectivity index (χ2v) is 12.0. The summed E-state index contributed by atoms with van der Waals surface area (Å²) in [7, 11) is 0. The second-order valence-electron chi connectivity index (χ2n) is 12.0. The molecule has 0 bridgehead atoms. The number of rotatable bonds is 10. The highest BCUT2D eigenvalue weighted by atomic mass is 19.1. The molecule has 2 aliphatic heterocycles. The fraction of sp³-hybridized carbons (Fsp3) is 0.389. The van der Waals surface area contributed by atoms with Crippen LogP contribution in [-0.4, -0.2) is 77.5 Å². The van der Waals surface area contributed by atoms with Crippen LogP contribution in [0, 0.1) is 5.82 Å². The van der Waals surface area contributed by atoms with Crippen LogP contribution in [0.5, 0.6) is 0 Å². The van der Waals surface area contributed by atoms with Gasteiger partial charge in [-0.15, -0.1) is 0 Å². The maximum absolute atomic E-state index is 14.4. The molecule has 0 radical (unpaired) electrons. The number of carbonyl (C=O) groups excluding carboxylic acids is 1. The molecular formula is C36H42FN5O2. The van der Waals surface area contributed by atoms with Crippen molar-refractivity contribution in [1.29, 1.82) is 0 Å². The van der Waals surface area contributed by atoms with Crippen LogP contribution >= 0.6 is 0 Å². The van der Waals surface area contributed by atoms with Gasteiger partial charge < -0.3 is 10.2 Å². The molecule has 8 heteroatoms. The van der Waals surface area contributed by atoms with Gasteiger partial charge in [-0.3, -0.25) is 24.0 Å². The largest absolute Gasteiger partial charge is 0.345 e. The van der Waals surface area contributed by atoms with Crippen molar-refractivity contribution in [2.45, 2.75) is 38.8 Å². The fourth-order valence-electron chi connectivity index (χ4n) is 6.67. The number of hydrogen-bond donors (Lipinski definition) is 1. The van der Waals surface area contributed by atoms with E-state index >= 15 is 0 Å². The molecule has 2 fully saturated rings. The predicted molar refractivity (Wildman–Crippen MR) is 174 cm³/mol. The Balaban J connectivity index is 1.36. The number of likely N-dealkylation sites (tertiary alicyclic amines) is 1. The summed E-state index contributed by atoms with van der Waals surface area (Å²) in [5.74, 6) is -0.590. The maximum Gasteiger partial charge on any atom is 0.263 e. The molecule has 3 aromatic carbocycles. The van der Waals surface area contributed by atoms with Crippen LogP contribution < -0.4 is 10.9 Å². The van der Waals surface area contributed by atoms with Gasteiger partial charge in [0.1, 0.15) is 5.82 Å². The highest BCUT2D eigenvalue weighted by Crippen LogP contribution is 2.26. The van der Waals surface area contributed by atoms with Gasteiger partial charge in [0.15, 0.2) is 0 Å². The smallest absolute Gasteiger partial charge is 0.263 e. The van der Waals surface area contributed by atoms with Gasteiger partial charge in [-0.05, 0) is 68.2 Å². The third-order valence-corrected chi connectivity index (χ3v) is 9.19. The number of amides is 1. The number of fused-ring (bicyclic) bond motifs is 1. The van der Waals surface area contributed by atoms with E-state index in [1.54, 1.807) is 22.8 Å². The first-order valence-corrected chi connectivity index (χ1v) is 16.0. The van der Waals surface area contributed by atoms with Gasteiger partial charge >= 0.3 is 0 Å². The number of aromatic nitrogens is 1. The summed E-state index contributed by atoms with van der Waals surface area (Å²) in [6.07, 6.45) is 3.32. The first kappa shape index (κ1) is 30.2. The normalized spacial score (nSPS) is 17.2. The summed E-state index contributed by atoms with van der Waals surface area (Å²) in [5.41, 5.74) is 2.50. The van der Waals surface area contributed by atoms with Gasteiger partial charge in [0.05, 0.1) is 17.3 Å². The fourth-order valence-corrected chi connectivity index (χ4v) is 6.67. The lowest BCUT2D eigenvalue weighted by Gasteiger charge is -2.36. The van der Waals surface area contributed by atoms with Gasteiger partial charge in [-0.25, -0.2) is 4.39 Å². The zero-order valence-corrected chi connectivity index (χ0v) is 25.6. The summed E-state index contributed by atoms with van der Waals surface area (Å²) >= 11 is 0. The Kier molecular flexibility index (Phi) is 9.50. The Hall–Kier alpha value is -3.85. The topological polar surface area (TPSA) is 60.8 Å². The summed E-state index contributed by atoms with van der Waals surface area (Å²) in [4.78, 5) is 35.9. The number of halogens is 1. The standard InChI is InChI=1S/C36H42FN5O2/c1-2-32(27-10-4-3-5-11-27)38-35(43)34-30-12-6-7-13-31(30)36(44)42(29-16-14-28(37)15-17-29)33(34)26-41-24-22-40(23-25-41)21-20-39-18-8-9-19-39/h3-7,10-17,32H,2,8-9,18-26H2,1H3,(H,38,43)/t32-/m0/s1. The average Bonchev–Trinajstić information content (AvgIpc) is 3.58. The van der Waals surface area contributed by atoms with E-state index in [1.165, 1.54) is 38.1 Å². The Morgan fingerprint density at radius 3 is 2.02 bits per heavy atom. The minimum atomic E-state index is -0.374. The lowest BCUT2D eigenvalue weighted by Crippen LogP contribution is -2.48. The van der Waals surface area contributed by atoms with E-state index in [0.29, 0.717) is 34.3 Å². The lowest BCUT2D eigenvalue weighted by atomic mass is 9.99. The first-order chi connectivity index (χ1) is 21.5. The minimum absolute atomic E-state index is 0.180. The van der Waals surface area contributed by atoms with Crippen molar-refractivity contribution >= 4 is 16.7 Å². The number of nitrogens with zero attached hydrogens (tertiary/aromatic N) is 4. The lowest BCUT2D eigenvalue weighted by molar-refractivity contribution is 0.0929. The highest BCUT2D eigenvalue weighted by molar-refractivity contribution is 6.08. The number of piperazine rings is 1. The van der Waals surface area contributed by atoms with Crippen LogP contribution in [0.2, 0.25) is 0 Å². The number of benzene rings is 3. The molecule has 0 saturated carbocycles. The van der Waals surface area contributed by atoms with Crippen molar-refractivity contribution in [3.8, 4) is 5.69 Å². The van der Waals surface area contributed by atoms with Crippen molar-refractivity contribution in [3.63, 3.8) is 0 Å². The SMILES string of the molecule is CC[C@H](NC(=O)c1c(CN2CCN(CCN3CCCC3)CC2)n(-c2ccc(F)cc2)c(=O)c2ccccc12)c1ccccc1. The molecule has 4 aromatic rings. The summed E-state index contributed by atoms with van der Waals surface area (Å²) in [6.45, 7) is 10.6. The quantitative estimate of drug-likeness (QED) is 0.272. The van der Waals surface area contributed by atoms with E-state index in [9.17, 15) is 14.0 Å². The van der Waals surface area contributed by atoms with Crippen molar-refractivity contribution in [2.75, 3.05) is 52.4 Å². The number of nitrogens with one attached hydrogen (secondary N) is 1. The third kappa shape index (κ3) is 6.62. The van der Waals surface area contributed by atoms with Crippen LogP contribution in [0.4, 0.5) is 4.39 Å². The second kappa shape index (κ2) is 13.8. The minimum Gasteiger partial charge on any atom is -0.345 e. The molecule has 1 atom stereocenters. The third-order valence-electron chi connectivity index (χ3n) is 9.19. The Morgan fingerprint density at radius 1 is 0.773 bits per heavy atom. The van der Waals surface area contributed by atoms with Crippen molar-refractivity contribution in [2.24, 2.45) is 0 Å². The average molecular weight is 596 g/mol. The molecule has 0 aliphatic carbocycles. The number of pyridine rings is 1. The summed E-state index contributed by atoms with van der Waals surface area (Å²) < 4.78 is 15.6. The molecule has 44 heavy (non-hydrogen) atoms. The Bertz CT molecular complexity index is 1620. The van der Waals surface area contributed by atoms with Crippen LogP contribution in [0.3, 0.4) is 0 Å². The Morgan fingerprint density at radius 2 is 1.36 bits per heavy atom. The number of hydrogen-bond acceptors (Lipinski definition) is 5. The maximum atomic E-state index is 14.4. The molecule has 0 spiro atoms. The molecule has 1 aromatic heterocycles. The highest BCUT2D eigenvalue weighted by Gasteiger charge is 2.27. The monoisotopic (exact) mass is 595 g/mol. The summed E-state index contributed by atoms with van der Waals surface area (Å²) in [5, 5.41) is 4.38. The predicted octanol–water partition coefficient (Wildman–Crippen LogP) is 5.22. The van der Waals surface area contributed by atoms with Gasteiger partial charge in [0.2, 0.25) is 0 Å². The van der Waals surface area contributed by atoms with E-state index in [0.717, 1.165) is 51.3 Å². The first-order valence-electron chi connectivity index (χ1n) is 16.0. The van der Waals surface area contributed by atoms with Crippen LogP contribution in [0.1, 0.15) is 53.8 Å². The molecule has 1 N–H and O–H groups in total. The van der Waals surface area contributed by atoms with Gasteiger partial charge in [0.25, 0.3) is 11.5 Å². The molecule has 6 rings (SSSR count). The molecule has 230 valence electrons. The van der Waals surface area contributed by atoms with E-state index in [2.05, 4.69) is 26.9 Å². The molecule has 1 amide bonds. The van der Waals surface area contributed by atoms with E-state index in [4.69, 9.17) is 0 Å². The van der Waals surface area contributed by atoms with Crippen molar-refractivity contribution in [3.05, 3.63) is 112 Å². The van der Waals surface area contributed by atoms with Crippen molar-refractivity contribution in [1.82, 2.24) is 24.6 Å². The molecular weight excluding hydrogens is 553 g/mol. The van der Waals surface area contributed by atoms with Gasteiger partial charge in [0, 0.05) is 62.3 Å². The zero-order chi connectivity index (χ0) is 30.5. The van der Waals surface area contributed by atoms with Crippen LogP contribution in [0.15, 0.2) is 83.7 Å². The van der Waals surface area contributed by atoms with Gasteiger partial charge in [-0.2, -0.15) is 0 Å². The molecule has 2 aliphatic rings. The van der Waals surface area contributed by atoms with E-state index in [-0.39, 0.29) is 23.3 Å².